The topological polar surface area (TPSA) is 284 Å². The standard InChI is InChI=1S/C39H71N2O18P/c1-23(2)55-21-27-16-29(18-41(27)33(46)12-8-6-10-14-54-39-25(4)35(48)37(50)31(20-43)58-39)59-60(51,52)56-22-26-15-28(44)17-40(26)32(45)11-7-5-9-13-53-38-24(3)34(47)36(49)30(19-42)57-38/h23-31,34-39,42-44,47-50H,5-22H2,1-4H3,(H,51,52)/t24?,25?,26-,27-,28+,29+,30?,31?,34?,35?,36?,37?,38?,39?/m0/s1. The molecule has 0 aliphatic carbocycles. The maximum Gasteiger partial charge on any atom is 0.472 e. The van der Waals surface area contributed by atoms with Crippen molar-refractivity contribution >= 4 is 19.6 Å². The van der Waals surface area contributed by atoms with Gasteiger partial charge in [0.1, 0.15) is 24.4 Å². The SMILES string of the molecule is CC(C)OC[C@@H]1C[C@@H](OP(=O)(O)OC[C@@H]2C[C@@H](O)CN2C(=O)CCCCCOC2OC(CO)C(O)C(O)C2C)CN1C(=O)CCCCCOC1OC(CO)C(O)C(O)C1C. The Hall–Kier alpha value is -1.43. The van der Waals surface area contributed by atoms with E-state index in [1.54, 1.807) is 18.7 Å². The summed E-state index contributed by atoms with van der Waals surface area (Å²) in [5, 5.41) is 69.7. The van der Waals surface area contributed by atoms with Crippen molar-refractivity contribution in [1.29, 1.82) is 0 Å². The molecule has 0 aromatic heterocycles. The summed E-state index contributed by atoms with van der Waals surface area (Å²) >= 11 is 0. The number of hydrogen-bond donors (Lipinski definition) is 8. The molecule has 0 aromatic carbocycles. The van der Waals surface area contributed by atoms with Gasteiger partial charge in [0.25, 0.3) is 0 Å². The molecule has 4 saturated heterocycles. The van der Waals surface area contributed by atoms with Gasteiger partial charge in [-0.05, 0) is 52.4 Å². The Labute approximate surface area is 352 Å². The molecule has 4 heterocycles. The maximum atomic E-state index is 13.4. The van der Waals surface area contributed by atoms with Crippen molar-refractivity contribution < 1.29 is 87.5 Å². The summed E-state index contributed by atoms with van der Waals surface area (Å²) in [5.74, 6) is -1.41. The number of carbonyl (C=O) groups excluding carboxylic acids is 2. The third-order valence-corrected chi connectivity index (χ3v) is 12.8. The molecule has 4 aliphatic rings. The van der Waals surface area contributed by atoms with Gasteiger partial charge in [-0.3, -0.25) is 18.6 Å². The Balaban J connectivity index is 1.17. The summed E-state index contributed by atoms with van der Waals surface area (Å²) in [6.07, 6.45) is -5.56. The number of carbonyl (C=O) groups is 2. The number of ether oxygens (including phenoxy) is 5. The summed E-state index contributed by atoms with van der Waals surface area (Å²) in [7, 11) is -4.65. The smallest absolute Gasteiger partial charge is 0.394 e. The minimum Gasteiger partial charge on any atom is -0.394 e. The quantitative estimate of drug-likeness (QED) is 0.0459. The van der Waals surface area contributed by atoms with E-state index in [1.807, 2.05) is 13.8 Å². The van der Waals surface area contributed by atoms with Crippen LogP contribution in [0.1, 0.15) is 91.9 Å². The van der Waals surface area contributed by atoms with Crippen LogP contribution in [-0.4, -0.2) is 195 Å². The van der Waals surface area contributed by atoms with Gasteiger partial charge in [0, 0.05) is 51.0 Å². The highest BCUT2D eigenvalue weighted by Crippen LogP contribution is 2.47. The molecule has 0 radical (unpaired) electrons. The first kappa shape index (κ1) is 51.2. The molecule has 350 valence electrons. The van der Waals surface area contributed by atoms with E-state index in [0.717, 1.165) is 0 Å². The van der Waals surface area contributed by atoms with Crippen molar-refractivity contribution in [3.8, 4) is 0 Å². The van der Waals surface area contributed by atoms with Gasteiger partial charge in [-0.15, -0.1) is 0 Å². The number of hydrogen-bond acceptors (Lipinski definition) is 17. The Morgan fingerprint density at radius 3 is 1.67 bits per heavy atom. The van der Waals surface area contributed by atoms with Crippen LogP contribution in [0.5, 0.6) is 0 Å². The van der Waals surface area contributed by atoms with Crippen molar-refractivity contribution in [1.82, 2.24) is 9.80 Å². The van der Waals surface area contributed by atoms with Gasteiger partial charge < -0.3 is 74.1 Å². The summed E-state index contributed by atoms with van der Waals surface area (Å²) < 4.78 is 52.6. The van der Waals surface area contributed by atoms with Crippen LogP contribution in [0.15, 0.2) is 0 Å². The van der Waals surface area contributed by atoms with Gasteiger partial charge in [-0.2, -0.15) is 0 Å². The predicted molar refractivity (Wildman–Crippen MR) is 211 cm³/mol. The predicted octanol–water partition coefficient (Wildman–Crippen LogP) is -0.219. The normalized spacial score (nSPS) is 36.0. The zero-order valence-corrected chi connectivity index (χ0v) is 36.3. The lowest BCUT2D eigenvalue weighted by Gasteiger charge is -2.40. The molecule has 4 fully saturated rings. The van der Waals surface area contributed by atoms with Gasteiger partial charge in [-0.1, -0.05) is 26.7 Å². The van der Waals surface area contributed by atoms with Crippen LogP contribution < -0.4 is 0 Å². The Morgan fingerprint density at radius 1 is 0.700 bits per heavy atom. The van der Waals surface area contributed by atoms with Crippen molar-refractivity contribution in [2.45, 2.75) is 172 Å². The van der Waals surface area contributed by atoms with Crippen molar-refractivity contribution in [3.63, 3.8) is 0 Å². The maximum absolute atomic E-state index is 13.4. The lowest BCUT2D eigenvalue weighted by atomic mass is 9.92. The number of likely N-dealkylation sites (tertiary alicyclic amines) is 2. The number of aliphatic hydroxyl groups is 7. The highest BCUT2D eigenvalue weighted by Gasteiger charge is 2.44. The summed E-state index contributed by atoms with van der Waals surface area (Å²) in [6.45, 7) is 6.73. The highest BCUT2D eigenvalue weighted by atomic mass is 31.2. The number of rotatable bonds is 24. The van der Waals surface area contributed by atoms with E-state index < -0.39 is 106 Å². The fourth-order valence-corrected chi connectivity index (χ4v) is 9.04. The molecule has 0 spiro atoms. The fraction of sp³-hybridized carbons (Fsp3) is 0.949. The van der Waals surface area contributed by atoms with E-state index in [4.69, 9.17) is 32.7 Å². The van der Waals surface area contributed by atoms with Crippen molar-refractivity contribution in [2.24, 2.45) is 11.8 Å². The molecule has 8 N–H and O–H groups in total. The first-order valence-electron chi connectivity index (χ1n) is 21.5. The van der Waals surface area contributed by atoms with E-state index in [0.29, 0.717) is 38.5 Å². The monoisotopic (exact) mass is 886 g/mol. The molecule has 4 aliphatic heterocycles. The molecular formula is C39H71N2O18P. The molecule has 21 heteroatoms. The molecule has 0 bridgehead atoms. The van der Waals surface area contributed by atoms with Crippen LogP contribution in [0.25, 0.3) is 0 Å². The summed E-state index contributed by atoms with van der Waals surface area (Å²) in [5.41, 5.74) is 0. The number of β-amino-alcohol motifs (C(OH)–C–C–N with tert-alkyl or cyclic N) is 1. The van der Waals surface area contributed by atoms with Crippen LogP contribution in [0.4, 0.5) is 0 Å². The number of nitrogens with zero attached hydrogens (tertiary/aromatic N) is 2. The molecular weight excluding hydrogens is 815 g/mol. The lowest BCUT2D eigenvalue weighted by Crippen LogP contribution is -2.55. The minimum absolute atomic E-state index is 0.0534. The van der Waals surface area contributed by atoms with Gasteiger partial charge >= 0.3 is 7.82 Å². The van der Waals surface area contributed by atoms with E-state index >= 15 is 0 Å². The number of amides is 2. The van der Waals surface area contributed by atoms with Crippen LogP contribution in [0.3, 0.4) is 0 Å². The number of unbranched alkanes of at least 4 members (excludes halogenated alkanes) is 4. The number of aliphatic hydroxyl groups excluding tert-OH is 7. The average molecular weight is 887 g/mol. The molecule has 0 saturated carbocycles. The third-order valence-electron chi connectivity index (χ3n) is 11.8. The Kier molecular flexibility index (Phi) is 21.0. The van der Waals surface area contributed by atoms with Gasteiger partial charge in [0.15, 0.2) is 12.6 Å². The highest BCUT2D eigenvalue weighted by molar-refractivity contribution is 7.47. The first-order chi connectivity index (χ1) is 28.5. The molecule has 60 heavy (non-hydrogen) atoms. The molecule has 4 rings (SSSR count). The minimum atomic E-state index is -4.65. The Bertz CT molecular complexity index is 1350. The molecule has 11 unspecified atom stereocenters. The Morgan fingerprint density at radius 2 is 1.18 bits per heavy atom. The second-order valence-corrected chi connectivity index (χ2v) is 18.3. The van der Waals surface area contributed by atoms with Crippen molar-refractivity contribution in [3.05, 3.63) is 0 Å². The second kappa shape index (κ2) is 24.6. The van der Waals surface area contributed by atoms with Crippen LogP contribution in [0, 0.1) is 11.8 Å². The zero-order chi connectivity index (χ0) is 44.1. The zero-order valence-electron chi connectivity index (χ0n) is 35.4. The first-order valence-corrected chi connectivity index (χ1v) is 23.0. The average Bonchev–Trinajstić information content (AvgIpc) is 3.80. The van der Waals surface area contributed by atoms with Gasteiger partial charge in [-0.25, -0.2) is 4.57 Å². The van der Waals surface area contributed by atoms with Gasteiger partial charge in [0.2, 0.25) is 11.8 Å². The number of phosphoric ester groups is 1. The van der Waals surface area contributed by atoms with E-state index in [2.05, 4.69) is 0 Å². The van der Waals surface area contributed by atoms with Crippen molar-refractivity contribution in [2.75, 3.05) is 52.7 Å². The third kappa shape index (κ3) is 14.8. The van der Waals surface area contributed by atoms with Crippen LogP contribution in [0.2, 0.25) is 0 Å². The van der Waals surface area contributed by atoms with Crippen LogP contribution >= 0.6 is 7.82 Å². The van der Waals surface area contributed by atoms with Gasteiger partial charge in [0.05, 0.1) is 69.0 Å². The summed E-state index contributed by atoms with van der Waals surface area (Å²) in [6, 6.07) is -1.05. The summed E-state index contributed by atoms with van der Waals surface area (Å²) in [4.78, 5) is 40.3. The molecule has 2 amide bonds. The molecule has 20 nitrogen and oxygen atoms in total. The largest absolute Gasteiger partial charge is 0.472 e. The van der Waals surface area contributed by atoms with Crippen LogP contribution in [-0.2, 0) is 46.9 Å². The van der Waals surface area contributed by atoms with E-state index in [1.165, 1.54) is 4.90 Å². The fourth-order valence-electron chi connectivity index (χ4n) is 8.09. The molecule has 15 atom stereocenters. The molecule has 0 aromatic rings. The lowest BCUT2D eigenvalue weighted by molar-refractivity contribution is -0.282. The second-order valence-electron chi connectivity index (χ2n) is 16.9. The van der Waals surface area contributed by atoms with E-state index in [9.17, 15) is 54.8 Å². The van der Waals surface area contributed by atoms with E-state index in [-0.39, 0.29) is 83.1 Å². The number of phosphoric acid groups is 1.